The summed E-state index contributed by atoms with van der Waals surface area (Å²) >= 11 is 1.45. The van der Waals surface area contributed by atoms with Crippen molar-refractivity contribution >= 4 is 32.6 Å². The highest BCUT2D eigenvalue weighted by molar-refractivity contribution is 7.22. The summed E-state index contributed by atoms with van der Waals surface area (Å²) in [6.45, 7) is 3.38. The zero-order valence-corrected chi connectivity index (χ0v) is 15.1. The maximum atomic E-state index is 13.4. The predicted molar refractivity (Wildman–Crippen MR) is 95.4 cm³/mol. The van der Waals surface area contributed by atoms with E-state index in [0.29, 0.717) is 18.3 Å². The molecule has 9 heteroatoms. The SMILES string of the molecule is Cc1nnc(CNC(=O)C2CCCN(c3nc4ccc(F)cc4s3)C2)o1. The maximum Gasteiger partial charge on any atom is 0.235 e. The lowest BCUT2D eigenvalue weighted by molar-refractivity contribution is -0.125. The van der Waals surface area contributed by atoms with Crippen LogP contribution in [0.4, 0.5) is 9.52 Å². The van der Waals surface area contributed by atoms with Gasteiger partial charge in [0.2, 0.25) is 17.7 Å². The summed E-state index contributed by atoms with van der Waals surface area (Å²) < 4.78 is 19.5. The maximum absolute atomic E-state index is 13.4. The first kappa shape index (κ1) is 16.9. The highest BCUT2D eigenvalue weighted by atomic mass is 32.1. The van der Waals surface area contributed by atoms with Gasteiger partial charge in [-0.2, -0.15) is 0 Å². The zero-order valence-electron chi connectivity index (χ0n) is 14.2. The summed E-state index contributed by atoms with van der Waals surface area (Å²) in [6, 6.07) is 4.60. The Hall–Kier alpha value is -2.55. The van der Waals surface area contributed by atoms with Gasteiger partial charge in [-0.25, -0.2) is 9.37 Å². The van der Waals surface area contributed by atoms with E-state index in [1.165, 1.54) is 23.5 Å². The zero-order chi connectivity index (χ0) is 18.1. The van der Waals surface area contributed by atoms with Gasteiger partial charge in [-0.3, -0.25) is 4.79 Å². The van der Waals surface area contributed by atoms with Crippen molar-refractivity contribution in [2.45, 2.75) is 26.3 Å². The lowest BCUT2D eigenvalue weighted by Crippen LogP contribution is -2.43. The number of nitrogens with zero attached hydrogens (tertiary/aromatic N) is 4. The molecule has 1 aliphatic heterocycles. The van der Waals surface area contributed by atoms with Crippen molar-refractivity contribution in [1.82, 2.24) is 20.5 Å². The Balaban J connectivity index is 1.41. The topological polar surface area (TPSA) is 84.2 Å². The van der Waals surface area contributed by atoms with Crippen LogP contribution in [0.2, 0.25) is 0 Å². The van der Waals surface area contributed by atoms with Gasteiger partial charge in [-0.05, 0) is 31.0 Å². The van der Waals surface area contributed by atoms with Crippen LogP contribution in [0.1, 0.15) is 24.6 Å². The first-order valence-electron chi connectivity index (χ1n) is 8.46. The molecular formula is C17H18FN5O2S. The normalized spacial score (nSPS) is 17.6. The smallest absolute Gasteiger partial charge is 0.235 e. The van der Waals surface area contributed by atoms with Gasteiger partial charge in [0.05, 0.1) is 22.7 Å². The summed E-state index contributed by atoms with van der Waals surface area (Å²) in [5.41, 5.74) is 0.782. The number of carbonyl (C=O) groups excluding carboxylic acids is 1. The standard InChI is InChI=1S/C17H18FN5O2S/c1-10-21-22-15(25-10)8-19-16(24)11-3-2-6-23(9-11)17-20-13-5-4-12(18)7-14(13)26-17/h4-5,7,11H,2-3,6,8-9H2,1H3,(H,19,24). The highest BCUT2D eigenvalue weighted by Gasteiger charge is 2.27. The summed E-state index contributed by atoms with van der Waals surface area (Å²) in [5, 5.41) is 11.3. The van der Waals surface area contributed by atoms with Gasteiger partial charge in [0, 0.05) is 20.0 Å². The minimum absolute atomic E-state index is 0.0299. The first-order valence-corrected chi connectivity index (χ1v) is 9.28. The quantitative estimate of drug-likeness (QED) is 0.755. The lowest BCUT2D eigenvalue weighted by Gasteiger charge is -2.31. The number of hydrogen-bond donors (Lipinski definition) is 1. The largest absolute Gasteiger partial charge is 0.424 e. The number of amides is 1. The van der Waals surface area contributed by atoms with Crippen LogP contribution in [0.3, 0.4) is 0 Å². The number of halogens is 1. The van der Waals surface area contributed by atoms with E-state index in [-0.39, 0.29) is 24.2 Å². The van der Waals surface area contributed by atoms with Crippen LogP contribution in [0.5, 0.6) is 0 Å². The van der Waals surface area contributed by atoms with Gasteiger partial charge in [-0.15, -0.1) is 10.2 Å². The molecule has 1 amide bonds. The number of thiazole rings is 1. The van der Waals surface area contributed by atoms with Crippen molar-refractivity contribution in [3.63, 3.8) is 0 Å². The third kappa shape index (κ3) is 3.52. The summed E-state index contributed by atoms with van der Waals surface area (Å²) in [6.07, 6.45) is 1.73. The molecule has 1 atom stereocenters. The second-order valence-electron chi connectivity index (χ2n) is 6.33. The molecule has 0 saturated carbocycles. The number of rotatable bonds is 4. The summed E-state index contributed by atoms with van der Waals surface area (Å²) in [5.74, 6) is 0.455. The van der Waals surface area contributed by atoms with E-state index in [1.807, 2.05) is 0 Å². The molecular weight excluding hydrogens is 357 g/mol. The van der Waals surface area contributed by atoms with Crippen molar-refractivity contribution in [1.29, 1.82) is 0 Å². The number of benzene rings is 1. The second-order valence-corrected chi connectivity index (χ2v) is 7.34. The van der Waals surface area contributed by atoms with Gasteiger partial charge in [0.1, 0.15) is 5.82 Å². The van der Waals surface area contributed by atoms with Gasteiger partial charge in [0.15, 0.2) is 5.13 Å². The van der Waals surface area contributed by atoms with Gasteiger partial charge >= 0.3 is 0 Å². The van der Waals surface area contributed by atoms with Crippen LogP contribution in [0.15, 0.2) is 22.6 Å². The number of nitrogens with one attached hydrogen (secondary N) is 1. The first-order chi connectivity index (χ1) is 12.6. The second kappa shape index (κ2) is 6.99. The molecule has 0 aliphatic carbocycles. The average molecular weight is 375 g/mol. The van der Waals surface area contributed by atoms with Crippen molar-refractivity contribution in [2.24, 2.45) is 5.92 Å². The molecule has 0 spiro atoms. The Morgan fingerprint density at radius 3 is 3.15 bits per heavy atom. The fraction of sp³-hybridized carbons (Fsp3) is 0.412. The van der Waals surface area contributed by atoms with E-state index in [9.17, 15) is 9.18 Å². The van der Waals surface area contributed by atoms with E-state index >= 15 is 0 Å². The molecule has 2 aromatic heterocycles. The predicted octanol–water partition coefficient (Wildman–Crippen LogP) is 2.66. The third-order valence-corrected chi connectivity index (χ3v) is 5.46. The van der Waals surface area contributed by atoms with Crippen LogP contribution in [0.25, 0.3) is 10.2 Å². The molecule has 7 nitrogen and oxygen atoms in total. The Kier molecular flexibility index (Phi) is 4.54. The Bertz CT molecular complexity index is 940. The van der Waals surface area contributed by atoms with Gasteiger partial charge in [0.25, 0.3) is 0 Å². The molecule has 1 saturated heterocycles. The van der Waals surface area contributed by atoms with Crippen LogP contribution in [-0.2, 0) is 11.3 Å². The Morgan fingerprint density at radius 2 is 2.35 bits per heavy atom. The van der Waals surface area contributed by atoms with Gasteiger partial charge in [-0.1, -0.05) is 11.3 Å². The van der Waals surface area contributed by atoms with Crippen LogP contribution < -0.4 is 10.2 Å². The average Bonchev–Trinajstić information content (AvgIpc) is 3.25. The number of aromatic nitrogens is 3. The van der Waals surface area contributed by atoms with Crippen molar-refractivity contribution < 1.29 is 13.6 Å². The molecule has 1 aliphatic rings. The minimum atomic E-state index is -0.264. The number of aryl methyl sites for hydroxylation is 1. The van der Waals surface area contributed by atoms with E-state index in [1.54, 1.807) is 13.0 Å². The molecule has 3 heterocycles. The van der Waals surface area contributed by atoms with E-state index in [2.05, 4.69) is 25.4 Å². The lowest BCUT2D eigenvalue weighted by atomic mass is 9.97. The Morgan fingerprint density at radius 1 is 1.46 bits per heavy atom. The van der Waals surface area contributed by atoms with Crippen molar-refractivity contribution in [2.75, 3.05) is 18.0 Å². The van der Waals surface area contributed by atoms with E-state index in [0.717, 1.165) is 34.7 Å². The minimum Gasteiger partial charge on any atom is -0.424 e. The molecule has 1 N–H and O–H groups in total. The molecule has 26 heavy (non-hydrogen) atoms. The fourth-order valence-corrected chi connectivity index (χ4v) is 4.13. The van der Waals surface area contributed by atoms with Crippen molar-refractivity contribution in [3.05, 3.63) is 35.8 Å². The number of anilines is 1. The van der Waals surface area contributed by atoms with Crippen molar-refractivity contribution in [3.8, 4) is 0 Å². The molecule has 1 aromatic carbocycles. The van der Waals surface area contributed by atoms with Crippen LogP contribution >= 0.6 is 11.3 Å². The fourth-order valence-electron chi connectivity index (χ4n) is 3.10. The van der Waals surface area contributed by atoms with Gasteiger partial charge < -0.3 is 14.6 Å². The third-order valence-electron chi connectivity index (χ3n) is 4.38. The molecule has 3 aromatic rings. The highest BCUT2D eigenvalue weighted by Crippen LogP contribution is 2.32. The van der Waals surface area contributed by atoms with E-state index < -0.39 is 0 Å². The van der Waals surface area contributed by atoms with Crippen LogP contribution in [-0.4, -0.2) is 34.2 Å². The molecule has 136 valence electrons. The summed E-state index contributed by atoms with van der Waals surface area (Å²) in [4.78, 5) is 19.2. The molecule has 0 radical (unpaired) electrons. The molecule has 4 rings (SSSR count). The molecule has 0 bridgehead atoms. The molecule has 1 unspecified atom stereocenters. The number of fused-ring (bicyclic) bond motifs is 1. The number of hydrogen-bond acceptors (Lipinski definition) is 7. The Labute approximate surface area is 153 Å². The summed E-state index contributed by atoms with van der Waals surface area (Å²) in [7, 11) is 0. The molecule has 1 fully saturated rings. The van der Waals surface area contributed by atoms with E-state index in [4.69, 9.17) is 4.42 Å². The monoisotopic (exact) mass is 375 g/mol. The number of piperidine rings is 1. The number of carbonyl (C=O) groups is 1. The van der Waals surface area contributed by atoms with Crippen LogP contribution in [0, 0.1) is 18.7 Å².